The van der Waals surface area contributed by atoms with E-state index in [1.807, 2.05) is 0 Å². The van der Waals surface area contributed by atoms with Crippen LogP contribution in [-0.4, -0.2) is 39.9 Å². The van der Waals surface area contributed by atoms with E-state index < -0.39 is 21.4 Å². The molecule has 0 fully saturated rings. The highest BCUT2D eigenvalue weighted by molar-refractivity contribution is 7.90. The molecule has 1 aromatic heterocycles. The van der Waals surface area contributed by atoms with Gasteiger partial charge in [0.25, 0.3) is 5.56 Å². The van der Waals surface area contributed by atoms with Crippen molar-refractivity contribution in [1.29, 1.82) is 0 Å². The first-order chi connectivity index (χ1) is 14.1. The summed E-state index contributed by atoms with van der Waals surface area (Å²) in [5.74, 6) is 0.899. The number of anilines is 2. The number of hydrogen-bond donors (Lipinski definition) is 3. The van der Waals surface area contributed by atoms with Gasteiger partial charge in [0.2, 0.25) is 0 Å². The van der Waals surface area contributed by atoms with Crippen LogP contribution in [0.25, 0.3) is 10.8 Å². The number of H-pyrrole nitrogens is 1. The van der Waals surface area contributed by atoms with E-state index in [0.29, 0.717) is 33.7 Å². The number of carbonyl (C=O) groups excluding carboxylic acids is 1. The first kappa shape index (κ1) is 21.2. The fraction of sp³-hybridized carbons (Fsp3) is 0.200. The van der Waals surface area contributed by atoms with E-state index in [2.05, 4.69) is 15.6 Å². The Kier molecular flexibility index (Phi) is 5.70. The zero-order chi connectivity index (χ0) is 22.1. The van der Waals surface area contributed by atoms with Crippen LogP contribution in [0.3, 0.4) is 0 Å². The lowest BCUT2D eigenvalue weighted by Gasteiger charge is -2.14. The molecule has 0 aliphatic carbocycles. The SMILES string of the molecule is COc1cc2c(C)[nH]c(=O)c(NC(=O)Nc3ccc(S(C)(=O)=O)cc3)c2cc1OC. The number of aromatic amines is 1. The van der Waals surface area contributed by atoms with Gasteiger partial charge in [-0.3, -0.25) is 4.79 Å². The van der Waals surface area contributed by atoms with Crippen LogP contribution >= 0.6 is 0 Å². The number of aromatic nitrogens is 1. The predicted molar refractivity (Wildman–Crippen MR) is 115 cm³/mol. The maximum atomic E-state index is 12.5. The van der Waals surface area contributed by atoms with Crippen LogP contribution in [0.1, 0.15) is 5.69 Å². The molecule has 0 bridgehead atoms. The Labute approximate surface area is 172 Å². The third-order valence-electron chi connectivity index (χ3n) is 4.50. The van der Waals surface area contributed by atoms with Gasteiger partial charge in [0.15, 0.2) is 21.3 Å². The van der Waals surface area contributed by atoms with Crippen LogP contribution in [0.2, 0.25) is 0 Å². The quantitative estimate of drug-likeness (QED) is 0.570. The summed E-state index contributed by atoms with van der Waals surface area (Å²) in [5.41, 5.74) is 0.543. The van der Waals surface area contributed by atoms with Gasteiger partial charge in [-0.25, -0.2) is 13.2 Å². The molecule has 10 heteroatoms. The number of benzene rings is 2. The van der Waals surface area contributed by atoms with Crippen molar-refractivity contribution >= 4 is 38.0 Å². The number of nitrogens with one attached hydrogen (secondary N) is 3. The lowest BCUT2D eigenvalue weighted by molar-refractivity contribution is 0.262. The van der Waals surface area contributed by atoms with Crippen LogP contribution < -0.4 is 25.7 Å². The monoisotopic (exact) mass is 431 g/mol. The van der Waals surface area contributed by atoms with Crippen molar-refractivity contribution in [3.05, 3.63) is 52.4 Å². The van der Waals surface area contributed by atoms with Crippen molar-refractivity contribution in [3.8, 4) is 11.5 Å². The normalized spacial score (nSPS) is 11.2. The summed E-state index contributed by atoms with van der Waals surface area (Å²) in [6, 6.07) is 8.36. The van der Waals surface area contributed by atoms with Gasteiger partial charge in [0, 0.05) is 28.4 Å². The molecule has 9 nitrogen and oxygen atoms in total. The molecule has 0 atom stereocenters. The van der Waals surface area contributed by atoms with E-state index >= 15 is 0 Å². The first-order valence-corrected chi connectivity index (χ1v) is 10.7. The molecule has 0 saturated carbocycles. The van der Waals surface area contributed by atoms with Crippen molar-refractivity contribution in [1.82, 2.24) is 4.98 Å². The summed E-state index contributed by atoms with van der Waals surface area (Å²) in [6.45, 7) is 1.74. The summed E-state index contributed by atoms with van der Waals surface area (Å²) in [6.07, 6.45) is 1.10. The Hall–Kier alpha value is -3.53. The van der Waals surface area contributed by atoms with Gasteiger partial charge in [-0.1, -0.05) is 0 Å². The maximum Gasteiger partial charge on any atom is 0.323 e. The number of urea groups is 1. The van der Waals surface area contributed by atoms with E-state index in [1.54, 1.807) is 19.1 Å². The molecular weight excluding hydrogens is 410 g/mol. The number of ether oxygens (including phenoxy) is 2. The highest BCUT2D eigenvalue weighted by atomic mass is 32.2. The van der Waals surface area contributed by atoms with Crippen molar-refractivity contribution in [3.63, 3.8) is 0 Å². The van der Waals surface area contributed by atoms with E-state index in [-0.39, 0.29) is 10.6 Å². The summed E-state index contributed by atoms with van der Waals surface area (Å²) in [5, 5.41) is 6.29. The molecule has 0 aliphatic rings. The number of rotatable bonds is 5. The summed E-state index contributed by atoms with van der Waals surface area (Å²) < 4.78 is 33.7. The van der Waals surface area contributed by atoms with Gasteiger partial charge < -0.3 is 25.1 Å². The van der Waals surface area contributed by atoms with Gasteiger partial charge in [-0.15, -0.1) is 0 Å². The molecule has 0 spiro atoms. The number of carbonyl (C=O) groups is 1. The van der Waals surface area contributed by atoms with E-state index in [0.717, 1.165) is 6.26 Å². The predicted octanol–water partition coefficient (Wildman–Crippen LogP) is 2.90. The number of fused-ring (bicyclic) bond motifs is 1. The van der Waals surface area contributed by atoms with Gasteiger partial charge in [0.05, 0.1) is 19.1 Å². The van der Waals surface area contributed by atoms with Gasteiger partial charge >= 0.3 is 6.03 Å². The molecule has 3 rings (SSSR count). The smallest absolute Gasteiger partial charge is 0.323 e. The minimum Gasteiger partial charge on any atom is -0.493 e. The van der Waals surface area contributed by atoms with E-state index in [4.69, 9.17) is 9.47 Å². The molecule has 2 aromatic carbocycles. The lowest BCUT2D eigenvalue weighted by atomic mass is 10.1. The summed E-state index contributed by atoms with van der Waals surface area (Å²) in [7, 11) is -0.357. The average molecular weight is 431 g/mol. The molecule has 30 heavy (non-hydrogen) atoms. The van der Waals surface area contributed by atoms with Crippen molar-refractivity contribution < 1.29 is 22.7 Å². The Morgan fingerprint density at radius 2 is 1.53 bits per heavy atom. The van der Waals surface area contributed by atoms with E-state index in [9.17, 15) is 18.0 Å². The first-order valence-electron chi connectivity index (χ1n) is 8.80. The third-order valence-corrected chi connectivity index (χ3v) is 5.63. The second kappa shape index (κ2) is 8.07. The van der Waals surface area contributed by atoms with E-state index in [1.165, 1.54) is 38.5 Å². The summed E-state index contributed by atoms with van der Waals surface area (Å²) >= 11 is 0. The minimum absolute atomic E-state index is 0.0433. The molecule has 1 heterocycles. The van der Waals surface area contributed by atoms with Gasteiger partial charge in [0.1, 0.15) is 5.69 Å². The highest BCUT2D eigenvalue weighted by Crippen LogP contribution is 2.35. The number of amides is 2. The van der Waals surface area contributed by atoms with Crippen molar-refractivity contribution in [2.24, 2.45) is 0 Å². The number of aryl methyl sites for hydroxylation is 1. The maximum absolute atomic E-state index is 12.5. The third kappa shape index (κ3) is 4.23. The van der Waals surface area contributed by atoms with Crippen LogP contribution in [0.15, 0.2) is 46.1 Å². The fourth-order valence-electron chi connectivity index (χ4n) is 3.00. The molecule has 2 amide bonds. The second-order valence-corrected chi connectivity index (χ2v) is 8.60. The highest BCUT2D eigenvalue weighted by Gasteiger charge is 2.16. The minimum atomic E-state index is -3.34. The molecule has 3 aromatic rings. The molecule has 0 radical (unpaired) electrons. The van der Waals surface area contributed by atoms with Gasteiger partial charge in [-0.2, -0.15) is 0 Å². The molecule has 0 unspecified atom stereocenters. The Bertz CT molecular complexity index is 1280. The molecule has 158 valence electrons. The number of pyridine rings is 1. The topological polar surface area (TPSA) is 127 Å². The van der Waals surface area contributed by atoms with Crippen molar-refractivity contribution in [2.75, 3.05) is 31.1 Å². The number of methoxy groups -OCH3 is 2. The number of sulfone groups is 1. The second-order valence-electron chi connectivity index (χ2n) is 6.58. The van der Waals surface area contributed by atoms with Crippen LogP contribution in [-0.2, 0) is 9.84 Å². The standard InChI is InChI=1S/C20H21N3O6S/c1-11-14-9-16(28-2)17(29-3)10-15(14)18(19(24)21-11)23-20(25)22-12-5-7-13(8-6-12)30(4,26)27/h5-10H,1-4H3,(H,21,24)(H2,22,23,25). The zero-order valence-electron chi connectivity index (χ0n) is 16.8. The molecule has 0 aliphatic heterocycles. The molecule has 0 saturated heterocycles. The van der Waals surface area contributed by atoms with Crippen LogP contribution in [0.5, 0.6) is 11.5 Å². The molecular formula is C20H21N3O6S. The zero-order valence-corrected chi connectivity index (χ0v) is 17.6. The Balaban J connectivity index is 1.94. The van der Waals surface area contributed by atoms with Crippen LogP contribution in [0.4, 0.5) is 16.2 Å². The fourth-order valence-corrected chi connectivity index (χ4v) is 3.63. The molecule has 3 N–H and O–H groups in total. The lowest BCUT2D eigenvalue weighted by Crippen LogP contribution is -2.25. The van der Waals surface area contributed by atoms with Crippen LogP contribution in [0, 0.1) is 6.92 Å². The largest absolute Gasteiger partial charge is 0.493 e. The Morgan fingerprint density at radius 1 is 0.967 bits per heavy atom. The average Bonchev–Trinajstić information content (AvgIpc) is 2.69. The van der Waals surface area contributed by atoms with Gasteiger partial charge in [-0.05, 0) is 43.3 Å². The van der Waals surface area contributed by atoms with Crippen molar-refractivity contribution in [2.45, 2.75) is 11.8 Å². The summed E-state index contributed by atoms with van der Waals surface area (Å²) in [4.78, 5) is 27.8. The number of hydrogen-bond acceptors (Lipinski definition) is 6. The Morgan fingerprint density at radius 3 is 2.07 bits per heavy atom.